The van der Waals surface area contributed by atoms with E-state index in [0.717, 1.165) is 81.0 Å². The highest BCUT2D eigenvalue weighted by molar-refractivity contribution is 5.64. The first-order chi connectivity index (χ1) is 29.1. The Morgan fingerprint density at radius 3 is 2.45 bits per heavy atom. The number of aliphatic hydroxyl groups is 3. The summed E-state index contributed by atoms with van der Waals surface area (Å²) in [6, 6.07) is 18.8. The second-order valence-corrected chi connectivity index (χ2v) is 18.6. The van der Waals surface area contributed by atoms with Crippen LogP contribution in [0.1, 0.15) is 140 Å². The number of aromatic amines is 1. The van der Waals surface area contributed by atoms with E-state index in [0.29, 0.717) is 35.6 Å². The molecule has 4 fully saturated rings. The number of methoxy groups -OCH3 is 1. The van der Waals surface area contributed by atoms with Crippen LogP contribution in [-0.4, -0.2) is 74.6 Å². The summed E-state index contributed by atoms with van der Waals surface area (Å²) in [6.45, 7) is 0.414. The summed E-state index contributed by atoms with van der Waals surface area (Å²) in [6.07, 6.45) is 13.7. The van der Waals surface area contributed by atoms with Crippen LogP contribution < -0.4 is 10.1 Å². The van der Waals surface area contributed by atoms with Gasteiger partial charge in [0, 0.05) is 42.3 Å². The van der Waals surface area contributed by atoms with Crippen molar-refractivity contribution in [3.8, 4) is 23.0 Å². The average Bonchev–Trinajstić information content (AvgIpc) is 3.97. The third-order valence-electron chi connectivity index (χ3n) is 15.3. The number of nitrogens with one attached hydrogen (secondary N) is 2. The van der Waals surface area contributed by atoms with Gasteiger partial charge in [0.15, 0.2) is 11.5 Å². The van der Waals surface area contributed by atoms with Crippen LogP contribution in [0.15, 0.2) is 67.0 Å². The first-order valence-corrected chi connectivity index (χ1v) is 22.5. The van der Waals surface area contributed by atoms with Crippen molar-refractivity contribution >= 4 is 0 Å². The molecule has 10 nitrogen and oxygen atoms in total. The van der Waals surface area contributed by atoms with Crippen molar-refractivity contribution in [2.45, 2.75) is 138 Å². The van der Waals surface area contributed by atoms with Gasteiger partial charge in [-0.2, -0.15) is 0 Å². The highest BCUT2D eigenvalue weighted by atomic mass is 16.5. The SMILES string of the molecule is CNCCC1CCC(C(O)CC2(c3ccccc3)CCCC2)C(c2cc(C3CCC4C(O)CC(c5c(CO)c(O)c(O)c(OC)c5Cc5cc[nH]c5)OC4C3)ccc2O)C1. The third kappa shape index (κ3) is 8.43. The Morgan fingerprint density at radius 2 is 1.73 bits per heavy atom. The topological polar surface area (TPSA) is 168 Å². The quantitative estimate of drug-likeness (QED) is 0.0583. The van der Waals surface area contributed by atoms with E-state index in [1.807, 2.05) is 37.6 Å². The molecule has 8 rings (SSSR count). The first-order valence-electron chi connectivity index (χ1n) is 22.5. The van der Waals surface area contributed by atoms with Crippen LogP contribution in [-0.2, 0) is 23.2 Å². The number of benzene rings is 3. The number of hydrogen-bond donors (Lipinski definition) is 8. The molecule has 3 aliphatic carbocycles. The van der Waals surface area contributed by atoms with Crippen LogP contribution in [0.4, 0.5) is 0 Å². The smallest absolute Gasteiger partial charge is 0.201 e. The summed E-state index contributed by atoms with van der Waals surface area (Å²) >= 11 is 0. The van der Waals surface area contributed by atoms with Crippen molar-refractivity contribution in [2.75, 3.05) is 20.7 Å². The largest absolute Gasteiger partial charge is 0.508 e. The Kier molecular flexibility index (Phi) is 13.1. The number of phenolic OH excluding ortho intramolecular Hbond substituents is 2. The zero-order valence-electron chi connectivity index (χ0n) is 35.4. The van der Waals surface area contributed by atoms with Crippen molar-refractivity contribution in [1.29, 1.82) is 0 Å². The maximum absolute atomic E-state index is 12.3. The highest BCUT2D eigenvalue weighted by Crippen LogP contribution is 2.54. The predicted molar refractivity (Wildman–Crippen MR) is 232 cm³/mol. The van der Waals surface area contributed by atoms with Gasteiger partial charge in [-0.25, -0.2) is 0 Å². The van der Waals surface area contributed by atoms with E-state index in [4.69, 9.17) is 9.47 Å². The monoisotopic (exact) mass is 822 g/mol. The van der Waals surface area contributed by atoms with E-state index in [-0.39, 0.29) is 52.9 Å². The number of aliphatic hydroxyl groups excluding tert-OH is 3. The minimum absolute atomic E-state index is 0.0192. The fraction of sp³-hybridized carbons (Fsp3) is 0.560. The number of H-pyrrole nitrogens is 1. The van der Waals surface area contributed by atoms with Gasteiger partial charge < -0.3 is 50.4 Å². The first kappa shape index (κ1) is 42.6. The van der Waals surface area contributed by atoms with Gasteiger partial charge >= 0.3 is 0 Å². The van der Waals surface area contributed by atoms with Gasteiger partial charge in [0.2, 0.25) is 5.75 Å². The lowest BCUT2D eigenvalue weighted by Crippen LogP contribution is -2.44. The molecule has 2 heterocycles. The molecule has 60 heavy (non-hydrogen) atoms. The number of phenols is 3. The summed E-state index contributed by atoms with van der Waals surface area (Å²) in [4.78, 5) is 3.07. The predicted octanol–water partition coefficient (Wildman–Crippen LogP) is 8.37. The molecule has 0 bridgehead atoms. The van der Waals surface area contributed by atoms with Crippen molar-refractivity contribution in [1.82, 2.24) is 10.3 Å². The third-order valence-corrected chi connectivity index (χ3v) is 15.3. The van der Waals surface area contributed by atoms with Gasteiger partial charge in [0.25, 0.3) is 0 Å². The fourth-order valence-corrected chi connectivity index (χ4v) is 12.2. The molecule has 4 aromatic rings. The molecule has 1 aromatic heterocycles. The molecule has 1 saturated heterocycles. The Hall–Kier alpha value is -4.06. The van der Waals surface area contributed by atoms with Crippen LogP contribution in [0.3, 0.4) is 0 Å². The van der Waals surface area contributed by atoms with E-state index in [1.54, 1.807) is 0 Å². The summed E-state index contributed by atoms with van der Waals surface area (Å²) in [5.74, 6) is 0.124. The standard InChI is InChI=1S/C50H66N2O8/c1-51-20-16-30-10-13-35(43(56)27-50(18-6-7-19-50)34-8-4-3-5-9-34)37(22-30)38-24-32(12-15-41(38)54)33-11-14-36-42(55)26-45(60-44(36)25-33)46-39(23-31-17-21-52-28-31)49(59-2)48(58)47(57)40(46)29-53/h3-5,8-9,12,15,17,21,24,28,30,33,35-37,42-45,51-58H,6-7,10-11,13-14,16,18-20,22-23,25-27,29H2,1-2H3. The van der Waals surface area contributed by atoms with Crippen LogP contribution in [0.5, 0.6) is 23.0 Å². The number of fused-ring (bicyclic) bond motifs is 1. The molecular formula is C50H66N2O8. The minimum Gasteiger partial charge on any atom is -0.508 e. The molecule has 324 valence electrons. The van der Waals surface area contributed by atoms with Crippen molar-refractivity contribution in [2.24, 2.45) is 17.8 Å². The fourth-order valence-electron chi connectivity index (χ4n) is 12.2. The molecule has 9 atom stereocenters. The summed E-state index contributed by atoms with van der Waals surface area (Å²) < 4.78 is 12.6. The molecular weight excluding hydrogens is 757 g/mol. The van der Waals surface area contributed by atoms with Crippen LogP contribution in [0, 0.1) is 17.8 Å². The maximum atomic E-state index is 12.3. The molecule has 0 spiro atoms. The Balaban J connectivity index is 1.07. The lowest BCUT2D eigenvalue weighted by molar-refractivity contribution is -0.154. The molecule has 3 aromatic carbocycles. The zero-order chi connectivity index (χ0) is 42.0. The maximum Gasteiger partial charge on any atom is 0.201 e. The van der Waals surface area contributed by atoms with E-state index in [2.05, 4.69) is 46.7 Å². The second-order valence-electron chi connectivity index (χ2n) is 18.6. The molecule has 10 heteroatoms. The number of hydrogen-bond acceptors (Lipinski definition) is 9. The lowest BCUT2D eigenvalue weighted by atomic mass is 9.64. The van der Waals surface area contributed by atoms with Gasteiger partial charge in [0.05, 0.1) is 38.1 Å². The summed E-state index contributed by atoms with van der Waals surface area (Å²) in [7, 11) is 3.44. The summed E-state index contributed by atoms with van der Waals surface area (Å²) in [5.41, 5.74) is 5.62. The normalized spacial score (nSPS) is 28.3. The molecule has 0 radical (unpaired) electrons. The van der Waals surface area contributed by atoms with Gasteiger partial charge in [0.1, 0.15) is 5.75 Å². The van der Waals surface area contributed by atoms with Crippen LogP contribution >= 0.6 is 0 Å². The average molecular weight is 823 g/mol. The Bertz CT molecular complexity index is 2030. The Labute approximate surface area is 355 Å². The second kappa shape index (κ2) is 18.5. The number of rotatable bonds is 14. The molecule has 9 unspecified atom stereocenters. The van der Waals surface area contributed by atoms with Gasteiger partial charge in [-0.3, -0.25) is 0 Å². The van der Waals surface area contributed by atoms with Crippen LogP contribution in [0.2, 0.25) is 0 Å². The molecule has 3 saturated carbocycles. The zero-order valence-corrected chi connectivity index (χ0v) is 35.4. The van der Waals surface area contributed by atoms with E-state index >= 15 is 0 Å². The summed E-state index contributed by atoms with van der Waals surface area (Å²) in [5, 5.41) is 71.7. The Morgan fingerprint density at radius 1 is 0.933 bits per heavy atom. The highest BCUT2D eigenvalue weighted by Gasteiger charge is 2.46. The lowest BCUT2D eigenvalue weighted by Gasteiger charge is -2.46. The van der Waals surface area contributed by atoms with E-state index < -0.39 is 36.4 Å². The minimum atomic E-state index is -0.670. The van der Waals surface area contributed by atoms with Crippen molar-refractivity contribution in [3.63, 3.8) is 0 Å². The van der Waals surface area contributed by atoms with Gasteiger partial charge in [-0.15, -0.1) is 0 Å². The number of aromatic nitrogens is 1. The van der Waals surface area contributed by atoms with Gasteiger partial charge in [-0.05, 0) is 147 Å². The van der Waals surface area contributed by atoms with Crippen LogP contribution in [0.25, 0.3) is 0 Å². The van der Waals surface area contributed by atoms with Crippen molar-refractivity contribution < 1.29 is 40.1 Å². The molecule has 0 amide bonds. The number of ether oxygens (including phenoxy) is 2. The van der Waals surface area contributed by atoms with E-state index in [9.17, 15) is 30.6 Å². The molecule has 4 aliphatic rings. The van der Waals surface area contributed by atoms with Gasteiger partial charge in [-0.1, -0.05) is 55.3 Å². The van der Waals surface area contributed by atoms with Crippen molar-refractivity contribution in [3.05, 3.63) is 106 Å². The van der Waals surface area contributed by atoms with E-state index in [1.165, 1.54) is 25.5 Å². The molecule has 8 N–H and O–H groups in total. The molecule has 1 aliphatic heterocycles. The number of aromatic hydroxyl groups is 3.